The molecule has 4 heterocycles. The van der Waals surface area contributed by atoms with E-state index in [0.29, 0.717) is 52.2 Å². The van der Waals surface area contributed by atoms with Crippen LogP contribution in [0.4, 0.5) is 0 Å². The van der Waals surface area contributed by atoms with E-state index in [4.69, 9.17) is 28.3 Å². The number of likely N-dealkylation sites (tertiary alicyclic amines) is 2. The third-order valence-electron chi connectivity index (χ3n) is 21.9. The van der Waals surface area contributed by atoms with Gasteiger partial charge in [0.1, 0.15) is 78.3 Å². The lowest BCUT2D eigenvalue weighted by atomic mass is 10.0. The summed E-state index contributed by atoms with van der Waals surface area (Å²) in [5.41, 5.74) is 24.4. The van der Waals surface area contributed by atoms with Gasteiger partial charge >= 0.3 is 0 Å². The lowest BCUT2D eigenvalue weighted by Gasteiger charge is -2.36. The van der Waals surface area contributed by atoms with Crippen LogP contribution < -0.4 is 81.4 Å². The van der Waals surface area contributed by atoms with Crippen molar-refractivity contribution in [1.29, 1.82) is 5.41 Å². The monoisotopic (exact) mass is 1840 g/mol. The number of hydrogen-bond acceptors (Lipinski definition) is 25. The van der Waals surface area contributed by atoms with Gasteiger partial charge in [-0.25, -0.2) is 0 Å². The predicted octanol–water partition coefficient (Wildman–Crippen LogP) is -3.88. The highest BCUT2D eigenvalue weighted by molar-refractivity contribution is 8.00. The number of nitrogens with two attached hydrogens (primary N) is 4. The van der Waals surface area contributed by atoms with Crippen LogP contribution in [0.3, 0.4) is 0 Å². The number of rotatable bonds is 51. The Bertz CT molecular complexity index is 4730. The molecule has 2 aromatic heterocycles. The number of carbonyl (C=O) groups excluding carboxylic acids is 16. The average molecular weight is 1840 g/mol. The molecule has 0 radical (unpaired) electrons. The lowest BCUT2D eigenvalue weighted by Crippen LogP contribution is -2.62. The van der Waals surface area contributed by atoms with E-state index < -0.39 is 218 Å². The molecule has 3 aromatic carbocycles. The first-order valence-electron chi connectivity index (χ1n) is 42.1. The predicted molar refractivity (Wildman–Crippen MR) is 479 cm³/mol. The molecule has 0 aliphatic carbocycles. The zero-order chi connectivity index (χ0) is 94.2. The number of carbonyl (C=O) groups is 16. The molecule has 0 bridgehead atoms. The van der Waals surface area contributed by atoms with Crippen molar-refractivity contribution in [3.05, 3.63) is 101 Å². The van der Waals surface area contributed by atoms with Gasteiger partial charge in [0.05, 0.1) is 44.1 Å². The Hall–Kier alpha value is -11.7. The zero-order valence-corrected chi connectivity index (χ0v) is 75.1. The molecular weight excluding hydrogens is 1720 g/mol. The number of hydrogen-bond donors (Lipinski definition) is 21. The van der Waals surface area contributed by atoms with E-state index in [1.54, 1.807) is 80.2 Å². The van der Waals surface area contributed by atoms with Crippen LogP contribution in [-0.4, -0.2) is 314 Å². The molecule has 7 rings (SSSR count). The largest absolute Gasteiger partial charge is 0.508 e. The smallest absolute Gasteiger partial charge is 0.245 e. The second kappa shape index (κ2) is 50.7. The third-order valence-corrected chi connectivity index (χ3v) is 24.5. The SMILES string of the molecule is CCCC[C@@H](C(=O)N[C@@H](CCCNC(=N)N)C(=O)NC(CSCC(=O)N[C@@H](Cc1ccc(O)cc1)C(=O)NC)C(=O)NCC(N)=O)N(C)C(=O)[C@H](CCSC)N(C)C(=O)[C@H](Cc1csc2ccccc12)NC(=O)[C@H](CO)NC(=O)[C@H](Cc1c[nH]c2ccccc12)NC(=O)[C@@H]1C[C@@H](O)CN1C(=O)[C@H](CC(C)C)NC(=O)[C@H](CO)NC(=O)[C@@H]1CCCN1C(=O)[C@@H](N)CC(N)=O. The van der Waals surface area contributed by atoms with Gasteiger partial charge in [-0.1, -0.05) is 82.1 Å². The molecule has 128 heavy (non-hydrogen) atoms. The van der Waals surface area contributed by atoms with E-state index in [-0.39, 0.29) is 106 Å². The number of aliphatic hydroxyl groups excluding tert-OH is 3. The van der Waals surface area contributed by atoms with Crippen LogP contribution in [0.2, 0.25) is 0 Å². The summed E-state index contributed by atoms with van der Waals surface area (Å²) in [4.78, 5) is 233. The van der Waals surface area contributed by atoms with Crippen LogP contribution in [0, 0.1) is 11.3 Å². The molecule has 0 spiro atoms. The molecule has 2 aliphatic rings. The minimum Gasteiger partial charge on any atom is -0.508 e. The van der Waals surface area contributed by atoms with Crippen molar-refractivity contribution in [2.75, 3.05) is 84.1 Å². The number of phenolic OH excluding ortho intramolecular Hbond substituents is 1. The van der Waals surface area contributed by atoms with E-state index in [9.17, 15) is 68.4 Å². The maximum Gasteiger partial charge on any atom is 0.245 e. The number of H-pyrrole nitrogens is 1. The minimum absolute atomic E-state index is 0.00327. The Kier molecular flexibility index (Phi) is 41.0. The lowest BCUT2D eigenvalue weighted by molar-refractivity contribution is -0.149. The van der Waals surface area contributed by atoms with Crippen LogP contribution in [-0.2, 0) is 96.0 Å². The summed E-state index contributed by atoms with van der Waals surface area (Å²) in [6.07, 6.45) is 1.83. The van der Waals surface area contributed by atoms with Gasteiger partial charge in [-0.15, -0.1) is 23.1 Å². The van der Waals surface area contributed by atoms with Crippen LogP contribution in [0.1, 0.15) is 108 Å². The normalized spacial score (nSPS) is 16.8. The number of amides is 16. The van der Waals surface area contributed by atoms with Gasteiger partial charge in [-0.2, -0.15) is 11.8 Å². The molecule has 0 saturated carbocycles. The first kappa shape index (κ1) is 103. The van der Waals surface area contributed by atoms with Gasteiger partial charge in [0.2, 0.25) is 94.5 Å². The highest BCUT2D eigenvalue weighted by Gasteiger charge is 2.46. The molecule has 14 atom stereocenters. The number of guanidine groups is 1. The fraction of sp³-hybridized carbons (Fsp3) is 0.536. The summed E-state index contributed by atoms with van der Waals surface area (Å²) in [6, 6.07) is 1.17. The molecule has 700 valence electrons. The molecule has 25 N–H and O–H groups in total. The van der Waals surface area contributed by atoms with Crippen molar-refractivity contribution < 1.29 is 97.1 Å². The number of fused-ring (bicyclic) bond motifs is 2. The second-order valence-corrected chi connectivity index (χ2v) is 34.9. The number of nitrogens with one attached hydrogen (secondary N) is 13. The number of aromatic amines is 1. The van der Waals surface area contributed by atoms with E-state index >= 15 is 28.8 Å². The maximum atomic E-state index is 15.7. The average Bonchev–Trinajstić information content (AvgIpc) is 1.13. The number of β-amino-alcohol motifs (C(OH)–C–C–N with tert-alkyl or cyclic N) is 1. The van der Waals surface area contributed by atoms with Crippen molar-refractivity contribution in [2.45, 2.75) is 195 Å². The standard InChI is InChI=1S/C84H121N21O20S3/c1-8-9-20-63(77(119)95-55(19-14-28-91-84(88)89)73(115)101-62(72(114)93-38-69(87)111)43-127-44-70(112)94-56(71(113)90-4)32-46-23-25-49(108)26-24-46)102(5)83(125)65(27-30-126-7)103(6)81(123)59(34-48-42-128-67-22-13-11-17-52(48)67)98-75(117)60(40-106)99-74(116)57(33-47-37-92-54-18-12-10-16-51(47)54)96-79(121)66-35-50(109)39-105(66)82(124)58(31-45(2)3)97-76(118)61(41-107)100-78(120)64-21-15-29-104(64)80(122)53(85)36-68(86)110/h10-13,16-18,22-26,37,42,45,50,53,55-66,92,106-109H,8-9,14-15,19-21,27-36,38-41,43-44,85H2,1-7H3,(H2,86,110)(H2,87,111)(H,90,113)(H,93,114)(H,94,112)(H,95,119)(H,96,121)(H,97,118)(H,98,117)(H,99,116)(H,100,120)(H,101,115)(H4,88,89,91)/t50-,53+,55+,56+,57+,58+,59+,60+,61+,62?,63+,64+,65+,66+/m1/s1. The van der Waals surface area contributed by atoms with Crippen LogP contribution in [0.25, 0.3) is 21.0 Å². The topological polar surface area (TPSA) is 643 Å². The number of aromatic hydroxyl groups is 1. The van der Waals surface area contributed by atoms with Crippen molar-refractivity contribution in [3.8, 4) is 5.75 Å². The van der Waals surface area contributed by atoms with Gasteiger partial charge in [0, 0.05) is 94.0 Å². The number of nitrogens with zero attached hydrogens (tertiary/aromatic N) is 4. The van der Waals surface area contributed by atoms with Gasteiger partial charge < -0.3 is 126 Å². The summed E-state index contributed by atoms with van der Waals surface area (Å²) in [5, 5.41) is 82.1. The molecule has 41 nitrogen and oxygen atoms in total. The van der Waals surface area contributed by atoms with Crippen LogP contribution >= 0.6 is 34.9 Å². The Morgan fingerprint density at radius 2 is 1.21 bits per heavy atom. The number of para-hydroxylation sites is 1. The molecule has 44 heteroatoms. The summed E-state index contributed by atoms with van der Waals surface area (Å²) in [5.74, 6) is -15.0. The zero-order valence-electron chi connectivity index (χ0n) is 72.7. The first-order valence-corrected chi connectivity index (χ1v) is 45.6. The number of thiophene rings is 1. The second-order valence-electron chi connectivity index (χ2n) is 32.0. The minimum atomic E-state index is -1.88. The molecule has 16 amide bonds. The van der Waals surface area contributed by atoms with Crippen molar-refractivity contribution in [1.82, 2.24) is 83.1 Å². The Morgan fingerprint density at radius 3 is 1.86 bits per heavy atom. The number of aliphatic hydroxyl groups is 3. The van der Waals surface area contributed by atoms with E-state index in [2.05, 4.69) is 63.5 Å². The van der Waals surface area contributed by atoms with Gasteiger partial charge in [0.25, 0.3) is 0 Å². The summed E-state index contributed by atoms with van der Waals surface area (Å²) in [6.45, 7) is 2.24. The first-order chi connectivity index (χ1) is 60.9. The molecule has 1 unspecified atom stereocenters. The van der Waals surface area contributed by atoms with Crippen LogP contribution in [0.5, 0.6) is 5.75 Å². The van der Waals surface area contributed by atoms with E-state index in [1.807, 2.05) is 19.1 Å². The number of benzene rings is 3. The Morgan fingerprint density at radius 1 is 0.617 bits per heavy atom. The number of thioether (sulfide) groups is 2. The number of likely N-dealkylation sites (N-methyl/N-ethyl adjacent to an activating group) is 3. The third kappa shape index (κ3) is 30.2. The van der Waals surface area contributed by atoms with Crippen molar-refractivity contribution in [2.24, 2.45) is 28.9 Å². The van der Waals surface area contributed by atoms with Gasteiger partial charge in [0.15, 0.2) is 5.96 Å². The number of aromatic nitrogens is 1. The Labute approximate surface area is 753 Å². The highest BCUT2D eigenvalue weighted by Crippen LogP contribution is 2.30. The van der Waals surface area contributed by atoms with Crippen molar-refractivity contribution >= 4 is 156 Å². The Balaban J connectivity index is 1.12. The fourth-order valence-electron chi connectivity index (χ4n) is 15.1. The van der Waals surface area contributed by atoms with E-state index in [1.165, 1.54) is 56.4 Å². The molecule has 5 aromatic rings. The summed E-state index contributed by atoms with van der Waals surface area (Å²) >= 11 is 3.55. The molecule has 2 saturated heterocycles. The molecular formula is C84H121N21O20S3. The number of primary amides is 2. The summed E-state index contributed by atoms with van der Waals surface area (Å²) in [7, 11) is 4.07. The number of unbranched alkanes of at least 4 members (excludes halogenated alkanes) is 1. The highest BCUT2D eigenvalue weighted by atomic mass is 32.2. The molecule has 2 fully saturated rings. The van der Waals surface area contributed by atoms with Crippen LogP contribution in [0.15, 0.2) is 84.4 Å². The quantitative estimate of drug-likeness (QED) is 0.0101. The maximum absolute atomic E-state index is 15.7. The van der Waals surface area contributed by atoms with E-state index in [0.717, 1.165) is 36.1 Å². The van der Waals surface area contributed by atoms with Gasteiger partial charge in [-0.05, 0) is 115 Å². The fourth-order valence-corrected chi connectivity index (χ4v) is 17.4. The molecule has 2 aliphatic heterocycles. The number of phenols is 1. The van der Waals surface area contributed by atoms with Gasteiger partial charge in [-0.3, -0.25) is 82.1 Å². The summed E-state index contributed by atoms with van der Waals surface area (Å²) < 4.78 is 0.808. The van der Waals surface area contributed by atoms with Crippen molar-refractivity contribution in [3.63, 3.8) is 0 Å².